The Bertz CT molecular complexity index is 699. The molecule has 0 aliphatic carbocycles. The summed E-state index contributed by atoms with van der Waals surface area (Å²) < 4.78 is 1.72. The first-order valence-electron chi connectivity index (χ1n) is 6.07. The van der Waals surface area contributed by atoms with Crippen molar-refractivity contribution in [2.75, 3.05) is 0 Å². The van der Waals surface area contributed by atoms with Gasteiger partial charge in [-0.3, -0.25) is 0 Å². The Morgan fingerprint density at radius 3 is 2.70 bits per heavy atom. The van der Waals surface area contributed by atoms with Gasteiger partial charge in [0, 0.05) is 4.90 Å². The Balaban J connectivity index is 1.78. The molecule has 20 heavy (non-hydrogen) atoms. The predicted molar refractivity (Wildman–Crippen MR) is 76.8 cm³/mol. The van der Waals surface area contributed by atoms with Crippen LogP contribution in [0.3, 0.4) is 0 Å². The lowest BCUT2D eigenvalue weighted by Crippen LogP contribution is -2.01. The summed E-state index contributed by atoms with van der Waals surface area (Å²) in [4.78, 5) is 0.979. The lowest BCUT2D eigenvalue weighted by Gasteiger charge is -2.04. The SMILES string of the molecule is Oc1cccc(SCc2nnnn2-c2ccccc2)c1. The number of phenols is 1. The summed E-state index contributed by atoms with van der Waals surface area (Å²) >= 11 is 1.58. The maximum atomic E-state index is 9.44. The molecule has 6 heteroatoms. The zero-order valence-electron chi connectivity index (χ0n) is 10.5. The van der Waals surface area contributed by atoms with Crippen LogP contribution in [0.25, 0.3) is 5.69 Å². The van der Waals surface area contributed by atoms with Gasteiger partial charge in [0.25, 0.3) is 0 Å². The second kappa shape index (κ2) is 5.75. The van der Waals surface area contributed by atoms with Crippen molar-refractivity contribution in [3.05, 3.63) is 60.4 Å². The summed E-state index contributed by atoms with van der Waals surface area (Å²) in [5, 5.41) is 21.2. The third kappa shape index (κ3) is 2.80. The van der Waals surface area contributed by atoms with Crippen molar-refractivity contribution in [2.24, 2.45) is 0 Å². The first-order valence-corrected chi connectivity index (χ1v) is 7.06. The molecule has 0 atom stereocenters. The van der Waals surface area contributed by atoms with Crippen molar-refractivity contribution in [3.63, 3.8) is 0 Å². The van der Waals surface area contributed by atoms with Crippen LogP contribution in [0.4, 0.5) is 0 Å². The first-order chi connectivity index (χ1) is 9.83. The van der Waals surface area contributed by atoms with Gasteiger partial charge < -0.3 is 5.11 Å². The van der Waals surface area contributed by atoms with Gasteiger partial charge in [0.2, 0.25) is 0 Å². The van der Waals surface area contributed by atoms with Gasteiger partial charge in [-0.1, -0.05) is 24.3 Å². The van der Waals surface area contributed by atoms with Gasteiger partial charge in [-0.05, 0) is 40.8 Å². The molecule has 0 amide bonds. The van der Waals surface area contributed by atoms with Crippen LogP contribution in [-0.2, 0) is 5.75 Å². The van der Waals surface area contributed by atoms with Gasteiger partial charge in [-0.25, -0.2) is 0 Å². The van der Waals surface area contributed by atoms with Gasteiger partial charge in [-0.2, -0.15) is 4.68 Å². The highest BCUT2D eigenvalue weighted by atomic mass is 32.2. The predicted octanol–water partition coefficient (Wildman–Crippen LogP) is 2.66. The Morgan fingerprint density at radius 2 is 1.90 bits per heavy atom. The zero-order valence-corrected chi connectivity index (χ0v) is 11.4. The summed E-state index contributed by atoms with van der Waals surface area (Å²) in [6.07, 6.45) is 0. The Morgan fingerprint density at radius 1 is 1.05 bits per heavy atom. The summed E-state index contributed by atoms with van der Waals surface area (Å²) in [7, 11) is 0. The molecule has 3 rings (SSSR count). The molecule has 3 aromatic rings. The molecule has 0 aliphatic heterocycles. The van der Waals surface area contributed by atoms with Crippen molar-refractivity contribution in [3.8, 4) is 11.4 Å². The number of hydrogen-bond donors (Lipinski definition) is 1. The van der Waals surface area contributed by atoms with Crippen molar-refractivity contribution < 1.29 is 5.11 Å². The fourth-order valence-electron chi connectivity index (χ4n) is 1.79. The van der Waals surface area contributed by atoms with Crippen molar-refractivity contribution in [1.29, 1.82) is 0 Å². The molecule has 0 saturated carbocycles. The molecular weight excluding hydrogens is 272 g/mol. The van der Waals surface area contributed by atoms with E-state index in [1.54, 1.807) is 28.6 Å². The quantitative estimate of drug-likeness (QED) is 0.746. The molecule has 0 fully saturated rings. The smallest absolute Gasteiger partial charge is 0.166 e. The van der Waals surface area contributed by atoms with Crippen LogP contribution in [0, 0.1) is 0 Å². The maximum absolute atomic E-state index is 9.44. The van der Waals surface area contributed by atoms with Crippen LogP contribution in [0.2, 0.25) is 0 Å². The minimum atomic E-state index is 0.262. The highest BCUT2D eigenvalue weighted by Crippen LogP contribution is 2.25. The van der Waals surface area contributed by atoms with Crippen LogP contribution >= 0.6 is 11.8 Å². The van der Waals surface area contributed by atoms with E-state index in [1.807, 2.05) is 42.5 Å². The number of phenolic OH excluding ortho intramolecular Hbond substituents is 1. The minimum Gasteiger partial charge on any atom is -0.508 e. The Labute approximate surface area is 120 Å². The normalized spacial score (nSPS) is 10.6. The van der Waals surface area contributed by atoms with Crippen LogP contribution in [0.15, 0.2) is 59.5 Å². The maximum Gasteiger partial charge on any atom is 0.166 e. The van der Waals surface area contributed by atoms with Crippen molar-refractivity contribution in [2.45, 2.75) is 10.6 Å². The minimum absolute atomic E-state index is 0.262. The molecule has 0 unspecified atom stereocenters. The average molecular weight is 284 g/mol. The van der Waals surface area contributed by atoms with E-state index < -0.39 is 0 Å². The zero-order chi connectivity index (χ0) is 13.8. The second-order valence-electron chi connectivity index (χ2n) is 4.13. The number of aromatic nitrogens is 4. The number of thioether (sulfide) groups is 1. The lowest BCUT2D eigenvalue weighted by molar-refractivity contribution is 0.474. The highest BCUT2D eigenvalue weighted by Gasteiger charge is 2.08. The summed E-state index contributed by atoms with van der Waals surface area (Å²) in [6.45, 7) is 0. The fourth-order valence-corrected chi connectivity index (χ4v) is 2.64. The number of aromatic hydroxyl groups is 1. The molecule has 5 nitrogen and oxygen atoms in total. The molecule has 0 bridgehead atoms. The molecule has 1 heterocycles. The topological polar surface area (TPSA) is 63.8 Å². The molecule has 0 spiro atoms. The monoisotopic (exact) mass is 284 g/mol. The van der Waals surface area contributed by atoms with Crippen molar-refractivity contribution >= 4 is 11.8 Å². The average Bonchev–Trinajstić information content (AvgIpc) is 2.95. The summed E-state index contributed by atoms with van der Waals surface area (Å²) in [6, 6.07) is 16.9. The molecule has 0 saturated heterocycles. The number of rotatable bonds is 4. The number of hydrogen-bond acceptors (Lipinski definition) is 5. The molecular formula is C14H12N4OS. The van der Waals surface area contributed by atoms with E-state index in [2.05, 4.69) is 15.5 Å². The van der Waals surface area contributed by atoms with Gasteiger partial charge in [-0.15, -0.1) is 16.9 Å². The fraction of sp³-hybridized carbons (Fsp3) is 0.0714. The molecule has 100 valence electrons. The van der Waals surface area contributed by atoms with E-state index in [9.17, 15) is 5.11 Å². The Kier molecular flexibility index (Phi) is 3.64. The standard InChI is InChI=1S/C14H12N4OS/c19-12-7-4-8-13(9-12)20-10-14-15-16-17-18(14)11-5-2-1-3-6-11/h1-9,19H,10H2. The molecule has 0 radical (unpaired) electrons. The first kappa shape index (κ1) is 12.7. The largest absolute Gasteiger partial charge is 0.508 e. The Hall–Kier alpha value is -2.34. The van der Waals surface area contributed by atoms with Crippen LogP contribution in [0.5, 0.6) is 5.75 Å². The van der Waals surface area contributed by atoms with E-state index in [0.717, 1.165) is 16.4 Å². The van der Waals surface area contributed by atoms with Crippen LogP contribution in [0.1, 0.15) is 5.82 Å². The number of nitrogens with zero attached hydrogens (tertiary/aromatic N) is 4. The van der Waals surface area contributed by atoms with Gasteiger partial charge in [0.1, 0.15) is 5.75 Å². The lowest BCUT2D eigenvalue weighted by atomic mass is 10.3. The third-order valence-electron chi connectivity index (χ3n) is 2.72. The van der Waals surface area contributed by atoms with Crippen LogP contribution < -0.4 is 0 Å². The number of para-hydroxylation sites is 1. The van der Waals surface area contributed by atoms with E-state index in [0.29, 0.717) is 5.75 Å². The van der Waals surface area contributed by atoms with E-state index >= 15 is 0 Å². The van der Waals surface area contributed by atoms with E-state index in [1.165, 1.54) is 0 Å². The molecule has 0 aliphatic rings. The van der Waals surface area contributed by atoms with Crippen molar-refractivity contribution in [1.82, 2.24) is 20.2 Å². The number of benzene rings is 2. The van der Waals surface area contributed by atoms with E-state index in [-0.39, 0.29) is 5.75 Å². The van der Waals surface area contributed by atoms with Gasteiger partial charge in [0.15, 0.2) is 5.82 Å². The molecule has 1 aromatic heterocycles. The summed E-state index contributed by atoms with van der Waals surface area (Å²) in [5.74, 6) is 1.66. The molecule has 2 aromatic carbocycles. The van der Waals surface area contributed by atoms with E-state index in [4.69, 9.17) is 0 Å². The van der Waals surface area contributed by atoms with Crippen LogP contribution in [-0.4, -0.2) is 25.3 Å². The van der Waals surface area contributed by atoms with Gasteiger partial charge >= 0.3 is 0 Å². The summed E-state index contributed by atoms with van der Waals surface area (Å²) in [5.41, 5.74) is 0.934. The highest BCUT2D eigenvalue weighted by molar-refractivity contribution is 7.98. The third-order valence-corrected chi connectivity index (χ3v) is 3.71. The van der Waals surface area contributed by atoms with Gasteiger partial charge in [0.05, 0.1) is 11.4 Å². The number of tetrazole rings is 1. The second-order valence-corrected chi connectivity index (χ2v) is 5.18. The molecule has 1 N–H and O–H groups in total.